The summed E-state index contributed by atoms with van der Waals surface area (Å²) in [4.78, 5) is 11.9. The van der Waals surface area contributed by atoms with Crippen LogP contribution in [0.2, 0.25) is 0 Å². The van der Waals surface area contributed by atoms with Gasteiger partial charge in [-0.2, -0.15) is 0 Å². The van der Waals surface area contributed by atoms with Gasteiger partial charge in [0, 0.05) is 13.1 Å². The Morgan fingerprint density at radius 1 is 1.45 bits per heavy atom. The fourth-order valence-corrected chi connectivity index (χ4v) is 1.91. The van der Waals surface area contributed by atoms with Gasteiger partial charge in [-0.15, -0.1) is 12.4 Å². The molecule has 1 fully saturated rings. The van der Waals surface area contributed by atoms with E-state index < -0.39 is 23.8 Å². The predicted molar refractivity (Wildman–Crippen MR) is 72.8 cm³/mol. The van der Waals surface area contributed by atoms with E-state index >= 15 is 0 Å². The van der Waals surface area contributed by atoms with Crippen molar-refractivity contribution >= 4 is 18.3 Å². The molecule has 0 saturated carbocycles. The third-order valence-corrected chi connectivity index (χ3v) is 3.02. The zero-order valence-corrected chi connectivity index (χ0v) is 11.8. The number of hydrogen-bond donors (Lipinski definition) is 2. The van der Waals surface area contributed by atoms with Crippen LogP contribution in [0.3, 0.4) is 0 Å². The molecule has 2 unspecified atom stereocenters. The molecule has 2 N–H and O–H groups in total. The van der Waals surface area contributed by atoms with Gasteiger partial charge in [-0.05, 0) is 24.6 Å². The zero-order valence-electron chi connectivity index (χ0n) is 11.0. The second-order valence-electron chi connectivity index (χ2n) is 4.47. The van der Waals surface area contributed by atoms with E-state index in [4.69, 9.17) is 4.74 Å². The minimum atomic E-state index is -0.922. The van der Waals surface area contributed by atoms with E-state index in [-0.39, 0.29) is 18.3 Å². The van der Waals surface area contributed by atoms with E-state index in [9.17, 15) is 13.6 Å². The summed E-state index contributed by atoms with van der Waals surface area (Å²) in [6, 6.07) is 3.17. The third kappa shape index (κ3) is 4.13. The van der Waals surface area contributed by atoms with Gasteiger partial charge in [-0.1, -0.05) is 6.07 Å². The molecule has 0 radical (unpaired) electrons. The molecule has 4 nitrogen and oxygen atoms in total. The van der Waals surface area contributed by atoms with E-state index in [1.165, 1.54) is 6.07 Å². The van der Waals surface area contributed by atoms with E-state index in [1.807, 2.05) is 0 Å². The first-order valence-electron chi connectivity index (χ1n) is 6.15. The van der Waals surface area contributed by atoms with E-state index in [1.54, 1.807) is 6.92 Å². The molecule has 20 heavy (non-hydrogen) atoms. The molecule has 1 aromatic carbocycles. The van der Waals surface area contributed by atoms with Crippen molar-refractivity contribution in [3.63, 3.8) is 0 Å². The van der Waals surface area contributed by atoms with Crippen LogP contribution in [0, 0.1) is 11.6 Å². The highest BCUT2D eigenvalue weighted by Crippen LogP contribution is 2.16. The van der Waals surface area contributed by atoms with Crippen molar-refractivity contribution < 1.29 is 18.3 Å². The summed E-state index contributed by atoms with van der Waals surface area (Å²) in [5.74, 6) is -2.08. The lowest BCUT2D eigenvalue weighted by atomic mass is 10.1. The van der Waals surface area contributed by atoms with Crippen molar-refractivity contribution in [3.05, 3.63) is 35.4 Å². The Hall–Kier alpha value is -1.24. The molecule has 2 rings (SSSR count). The van der Waals surface area contributed by atoms with Crippen LogP contribution in [-0.4, -0.2) is 31.7 Å². The van der Waals surface area contributed by atoms with Crippen molar-refractivity contribution in [3.8, 4) is 0 Å². The van der Waals surface area contributed by atoms with Crippen LogP contribution in [0.5, 0.6) is 0 Å². The Bertz CT molecular complexity index is 468. The molecule has 0 spiro atoms. The van der Waals surface area contributed by atoms with E-state index in [0.29, 0.717) is 18.7 Å². The maximum Gasteiger partial charge on any atom is 0.250 e. The lowest BCUT2D eigenvalue weighted by molar-refractivity contribution is -0.134. The summed E-state index contributed by atoms with van der Waals surface area (Å²) in [6.45, 7) is 3.37. The SMILES string of the molecule is CC(NC(=O)C1CNCCO1)c1ccc(F)c(F)c1.Cl. The summed E-state index contributed by atoms with van der Waals surface area (Å²) in [5.41, 5.74) is 0.510. The quantitative estimate of drug-likeness (QED) is 0.891. The second kappa shape index (κ2) is 7.52. The number of halogens is 3. The highest BCUT2D eigenvalue weighted by atomic mass is 35.5. The smallest absolute Gasteiger partial charge is 0.250 e. The van der Waals surface area contributed by atoms with Crippen LogP contribution in [0.25, 0.3) is 0 Å². The fourth-order valence-electron chi connectivity index (χ4n) is 1.91. The number of ether oxygens (including phenoxy) is 1. The van der Waals surface area contributed by atoms with Crippen LogP contribution < -0.4 is 10.6 Å². The number of amides is 1. The first-order valence-corrected chi connectivity index (χ1v) is 6.15. The second-order valence-corrected chi connectivity index (χ2v) is 4.47. The molecule has 1 heterocycles. The highest BCUT2D eigenvalue weighted by molar-refractivity contribution is 5.85. The molecule has 1 amide bonds. The molecular weight excluding hydrogens is 290 g/mol. The molecule has 112 valence electrons. The van der Waals surface area contributed by atoms with Gasteiger partial charge in [0.2, 0.25) is 0 Å². The van der Waals surface area contributed by atoms with E-state index in [0.717, 1.165) is 18.7 Å². The minimum absolute atomic E-state index is 0. The van der Waals surface area contributed by atoms with Gasteiger partial charge < -0.3 is 15.4 Å². The van der Waals surface area contributed by atoms with Crippen molar-refractivity contribution in [2.24, 2.45) is 0 Å². The molecule has 0 aliphatic carbocycles. The molecule has 0 aromatic heterocycles. The topological polar surface area (TPSA) is 50.4 Å². The van der Waals surface area contributed by atoms with Crippen LogP contribution in [0.4, 0.5) is 8.78 Å². The van der Waals surface area contributed by atoms with Gasteiger partial charge in [-0.25, -0.2) is 8.78 Å². The van der Waals surface area contributed by atoms with Gasteiger partial charge >= 0.3 is 0 Å². The number of morpholine rings is 1. The average Bonchev–Trinajstić information content (AvgIpc) is 2.42. The standard InChI is InChI=1S/C13H16F2N2O2.ClH/c1-8(9-2-3-10(14)11(15)6-9)17-13(18)12-7-16-4-5-19-12;/h2-3,6,8,12,16H,4-5,7H2,1H3,(H,17,18);1H. The maximum atomic E-state index is 13.1. The van der Waals surface area contributed by atoms with Crippen LogP contribution in [0.1, 0.15) is 18.5 Å². The molecule has 1 aliphatic rings. The normalized spacial score (nSPS) is 19.9. The minimum Gasteiger partial charge on any atom is -0.366 e. The number of carbonyl (C=O) groups excluding carboxylic acids is 1. The first-order chi connectivity index (χ1) is 9.08. The fraction of sp³-hybridized carbons (Fsp3) is 0.462. The number of nitrogens with one attached hydrogen (secondary N) is 2. The number of rotatable bonds is 3. The van der Waals surface area contributed by atoms with Gasteiger partial charge in [-0.3, -0.25) is 4.79 Å². The third-order valence-electron chi connectivity index (χ3n) is 3.02. The summed E-state index contributed by atoms with van der Waals surface area (Å²) >= 11 is 0. The first kappa shape index (κ1) is 16.8. The maximum absolute atomic E-state index is 13.1. The lowest BCUT2D eigenvalue weighted by Gasteiger charge is -2.24. The average molecular weight is 307 g/mol. The van der Waals surface area contributed by atoms with Crippen LogP contribution >= 0.6 is 12.4 Å². The number of carbonyl (C=O) groups is 1. The molecule has 0 bridgehead atoms. The Labute approximate surface area is 122 Å². The Morgan fingerprint density at radius 3 is 2.80 bits per heavy atom. The van der Waals surface area contributed by atoms with Crippen molar-refractivity contribution in [2.75, 3.05) is 19.7 Å². The van der Waals surface area contributed by atoms with Gasteiger partial charge in [0.25, 0.3) is 5.91 Å². The Kier molecular flexibility index (Phi) is 6.32. The molecule has 1 aromatic rings. The molecule has 1 aliphatic heterocycles. The monoisotopic (exact) mass is 306 g/mol. The summed E-state index contributed by atoms with van der Waals surface area (Å²) in [7, 11) is 0. The van der Waals surface area contributed by atoms with Crippen molar-refractivity contribution in [1.29, 1.82) is 0 Å². The number of benzene rings is 1. The number of hydrogen-bond acceptors (Lipinski definition) is 3. The molecule has 7 heteroatoms. The van der Waals surface area contributed by atoms with Crippen LogP contribution in [0.15, 0.2) is 18.2 Å². The molecule has 1 saturated heterocycles. The lowest BCUT2D eigenvalue weighted by Crippen LogP contribution is -2.48. The molecular formula is C13H17ClF2N2O2. The zero-order chi connectivity index (χ0) is 13.8. The van der Waals surface area contributed by atoms with Crippen molar-refractivity contribution in [1.82, 2.24) is 10.6 Å². The summed E-state index contributed by atoms with van der Waals surface area (Å²) < 4.78 is 31.2. The Balaban J connectivity index is 0.00000200. The van der Waals surface area contributed by atoms with Gasteiger partial charge in [0.05, 0.1) is 12.6 Å². The molecule has 2 atom stereocenters. The summed E-state index contributed by atoms with van der Waals surface area (Å²) in [6.07, 6.45) is -0.540. The largest absolute Gasteiger partial charge is 0.366 e. The van der Waals surface area contributed by atoms with E-state index in [2.05, 4.69) is 10.6 Å². The predicted octanol–water partition coefficient (Wildman–Crippen LogP) is 1.55. The van der Waals surface area contributed by atoms with Crippen LogP contribution in [-0.2, 0) is 9.53 Å². The highest BCUT2D eigenvalue weighted by Gasteiger charge is 2.23. The Morgan fingerprint density at radius 2 is 2.20 bits per heavy atom. The van der Waals surface area contributed by atoms with Gasteiger partial charge in [0.1, 0.15) is 6.10 Å². The van der Waals surface area contributed by atoms with Crippen molar-refractivity contribution in [2.45, 2.75) is 19.1 Å². The van der Waals surface area contributed by atoms with Gasteiger partial charge in [0.15, 0.2) is 11.6 Å². The summed E-state index contributed by atoms with van der Waals surface area (Å²) in [5, 5.41) is 5.77.